The van der Waals surface area contributed by atoms with Gasteiger partial charge in [0.2, 0.25) is 0 Å². The summed E-state index contributed by atoms with van der Waals surface area (Å²) in [6, 6.07) is 12.0. The molecule has 4 nitrogen and oxygen atoms in total. The Morgan fingerprint density at radius 3 is 2.47 bits per heavy atom. The molecule has 0 bridgehead atoms. The van der Waals surface area contributed by atoms with Gasteiger partial charge in [-0.3, -0.25) is 4.79 Å². The van der Waals surface area contributed by atoms with Gasteiger partial charge in [0.25, 0.3) is 5.91 Å². The third kappa shape index (κ3) is 3.56. The van der Waals surface area contributed by atoms with Gasteiger partial charge < -0.3 is 16.2 Å². The molecule has 0 aromatic heterocycles. The molecule has 0 saturated carbocycles. The van der Waals surface area contributed by atoms with Gasteiger partial charge in [0.05, 0.1) is 6.61 Å². The van der Waals surface area contributed by atoms with Crippen LogP contribution in [0.5, 0.6) is 0 Å². The fourth-order valence-corrected chi connectivity index (χ4v) is 2.15. The van der Waals surface area contributed by atoms with Gasteiger partial charge in [-0.15, -0.1) is 0 Å². The molecule has 0 unspecified atom stereocenters. The number of halogens is 1. The van der Waals surface area contributed by atoms with Crippen LogP contribution in [0.1, 0.15) is 15.9 Å². The van der Waals surface area contributed by atoms with Gasteiger partial charge in [0, 0.05) is 21.4 Å². The first-order valence-electron chi connectivity index (χ1n) is 5.65. The Kier molecular flexibility index (Phi) is 4.19. The van der Waals surface area contributed by atoms with E-state index in [-0.39, 0.29) is 12.5 Å². The molecule has 0 aliphatic heterocycles. The van der Waals surface area contributed by atoms with Gasteiger partial charge in [-0.1, -0.05) is 28.1 Å². The lowest BCUT2D eigenvalue weighted by atomic mass is 10.1. The molecule has 2 aromatic rings. The molecule has 98 valence electrons. The van der Waals surface area contributed by atoms with Crippen LogP contribution >= 0.6 is 15.9 Å². The van der Waals surface area contributed by atoms with Crippen molar-refractivity contribution in [2.75, 3.05) is 11.1 Å². The lowest BCUT2D eigenvalue weighted by molar-refractivity contribution is 0.102. The maximum Gasteiger partial charge on any atom is 0.255 e. The summed E-state index contributed by atoms with van der Waals surface area (Å²) in [7, 11) is 0. The number of amides is 1. The van der Waals surface area contributed by atoms with Crippen molar-refractivity contribution in [1.82, 2.24) is 0 Å². The second kappa shape index (κ2) is 5.86. The lowest BCUT2D eigenvalue weighted by Crippen LogP contribution is -2.12. The van der Waals surface area contributed by atoms with Gasteiger partial charge in [0.15, 0.2) is 0 Å². The zero-order valence-corrected chi connectivity index (χ0v) is 11.6. The summed E-state index contributed by atoms with van der Waals surface area (Å²) in [5.41, 5.74) is 8.16. The fraction of sp³-hybridized carbons (Fsp3) is 0.0714. The molecule has 0 fully saturated rings. The predicted octanol–water partition coefficient (Wildman–Crippen LogP) is 2.78. The van der Waals surface area contributed by atoms with Gasteiger partial charge in [0.1, 0.15) is 0 Å². The SMILES string of the molecule is Nc1cc(Br)cc(C(=O)Nc2ccc(CO)cc2)c1. The van der Waals surface area contributed by atoms with Crippen LogP contribution in [0.3, 0.4) is 0 Å². The number of carbonyl (C=O) groups excluding carboxylic acids is 1. The summed E-state index contributed by atoms with van der Waals surface area (Å²) in [6.45, 7) is -0.0175. The molecule has 4 N–H and O–H groups in total. The molecule has 5 heteroatoms. The first-order chi connectivity index (χ1) is 9.08. The maximum atomic E-state index is 12.0. The summed E-state index contributed by atoms with van der Waals surface area (Å²) in [6.07, 6.45) is 0. The van der Waals surface area contributed by atoms with Crippen molar-refractivity contribution >= 4 is 33.2 Å². The number of nitrogen functional groups attached to an aromatic ring is 1. The first-order valence-corrected chi connectivity index (χ1v) is 6.45. The smallest absolute Gasteiger partial charge is 0.255 e. The van der Waals surface area contributed by atoms with E-state index in [0.29, 0.717) is 16.9 Å². The number of hydrogen-bond donors (Lipinski definition) is 3. The first kappa shape index (κ1) is 13.6. The van der Waals surface area contributed by atoms with Crippen molar-refractivity contribution in [1.29, 1.82) is 0 Å². The second-order valence-electron chi connectivity index (χ2n) is 4.08. The molecule has 0 saturated heterocycles. The zero-order valence-electron chi connectivity index (χ0n) is 10.1. The molecule has 0 radical (unpaired) electrons. The van der Waals surface area contributed by atoms with E-state index < -0.39 is 0 Å². The molecular formula is C14H13BrN2O2. The number of hydrogen-bond acceptors (Lipinski definition) is 3. The Morgan fingerprint density at radius 1 is 1.21 bits per heavy atom. The van der Waals surface area contributed by atoms with Gasteiger partial charge in [-0.2, -0.15) is 0 Å². The van der Waals surface area contributed by atoms with Crippen LogP contribution in [0.25, 0.3) is 0 Å². The highest BCUT2D eigenvalue weighted by Crippen LogP contribution is 2.18. The Morgan fingerprint density at radius 2 is 1.89 bits per heavy atom. The third-order valence-corrected chi connectivity index (χ3v) is 3.03. The minimum atomic E-state index is -0.232. The average Bonchev–Trinajstić information content (AvgIpc) is 2.38. The molecule has 0 atom stereocenters. The molecule has 1 amide bonds. The van der Waals surface area contributed by atoms with E-state index in [1.165, 1.54) is 0 Å². The monoisotopic (exact) mass is 320 g/mol. The summed E-state index contributed by atoms with van der Waals surface area (Å²) in [4.78, 5) is 12.0. The molecule has 19 heavy (non-hydrogen) atoms. The standard InChI is InChI=1S/C14H13BrN2O2/c15-11-5-10(6-12(16)7-11)14(19)17-13-3-1-9(8-18)2-4-13/h1-7,18H,8,16H2,(H,17,19). The normalized spacial score (nSPS) is 10.2. The third-order valence-electron chi connectivity index (χ3n) is 2.58. The van der Waals surface area contributed by atoms with Gasteiger partial charge in [-0.05, 0) is 35.9 Å². The van der Waals surface area contributed by atoms with Crippen LogP contribution in [0.4, 0.5) is 11.4 Å². The van der Waals surface area contributed by atoms with Crippen molar-refractivity contribution in [3.05, 3.63) is 58.1 Å². The maximum absolute atomic E-state index is 12.0. The van der Waals surface area contributed by atoms with E-state index in [1.807, 2.05) is 0 Å². The van der Waals surface area contributed by atoms with Crippen LogP contribution in [0.2, 0.25) is 0 Å². The molecular weight excluding hydrogens is 308 g/mol. The van der Waals surface area contributed by atoms with E-state index in [4.69, 9.17) is 10.8 Å². The van der Waals surface area contributed by atoms with Crippen molar-refractivity contribution in [2.24, 2.45) is 0 Å². The number of nitrogens with two attached hydrogens (primary N) is 1. The number of rotatable bonds is 3. The molecule has 0 aliphatic rings. The number of aliphatic hydroxyl groups is 1. The average molecular weight is 321 g/mol. The number of aliphatic hydroxyl groups excluding tert-OH is 1. The van der Waals surface area contributed by atoms with E-state index >= 15 is 0 Å². The molecule has 2 aromatic carbocycles. The topological polar surface area (TPSA) is 75.4 Å². The van der Waals surface area contributed by atoms with E-state index in [1.54, 1.807) is 42.5 Å². The van der Waals surface area contributed by atoms with Crippen LogP contribution in [-0.4, -0.2) is 11.0 Å². The minimum Gasteiger partial charge on any atom is -0.399 e. The molecule has 0 heterocycles. The van der Waals surface area contributed by atoms with E-state index in [9.17, 15) is 4.79 Å². The Hall–Kier alpha value is -1.85. The molecule has 0 aliphatic carbocycles. The second-order valence-corrected chi connectivity index (χ2v) is 5.00. The van der Waals surface area contributed by atoms with Crippen LogP contribution < -0.4 is 11.1 Å². The summed E-state index contributed by atoms with van der Waals surface area (Å²) in [5.74, 6) is -0.232. The lowest BCUT2D eigenvalue weighted by Gasteiger charge is -2.07. The number of carbonyl (C=O) groups is 1. The highest BCUT2D eigenvalue weighted by atomic mass is 79.9. The van der Waals surface area contributed by atoms with Crippen LogP contribution in [0.15, 0.2) is 46.9 Å². The highest BCUT2D eigenvalue weighted by molar-refractivity contribution is 9.10. The summed E-state index contributed by atoms with van der Waals surface area (Å²) < 4.78 is 0.758. The minimum absolute atomic E-state index is 0.0175. The van der Waals surface area contributed by atoms with Crippen molar-refractivity contribution < 1.29 is 9.90 Å². The summed E-state index contributed by atoms with van der Waals surface area (Å²) in [5, 5.41) is 11.7. The fourth-order valence-electron chi connectivity index (χ4n) is 1.64. The zero-order chi connectivity index (χ0) is 13.8. The highest BCUT2D eigenvalue weighted by Gasteiger charge is 2.07. The van der Waals surface area contributed by atoms with Crippen LogP contribution in [0, 0.1) is 0 Å². The quantitative estimate of drug-likeness (QED) is 0.761. The van der Waals surface area contributed by atoms with Crippen LogP contribution in [-0.2, 0) is 6.61 Å². The number of anilines is 2. The van der Waals surface area contributed by atoms with E-state index in [0.717, 1.165) is 10.0 Å². The van der Waals surface area contributed by atoms with Gasteiger partial charge >= 0.3 is 0 Å². The van der Waals surface area contributed by atoms with Gasteiger partial charge in [-0.25, -0.2) is 0 Å². The number of benzene rings is 2. The Labute approximate surface area is 119 Å². The van der Waals surface area contributed by atoms with Crippen molar-refractivity contribution in [2.45, 2.75) is 6.61 Å². The Balaban J connectivity index is 2.15. The summed E-state index contributed by atoms with van der Waals surface area (Å²) >= 11 is 3.30. The Bertz CT molecular complexity index is 577. The molecule has 0 spiro atoms. The number of nitrogens with one attached hydrogen (secondary N) is 1. The van der Waals surface area contributed by atoms with Crippen molar-refractivity contribution in [3.63, 3.8) is 0 Å². The van der Waals surface area contributed by atoms with E-state index in [2.05, 4.69) is 21.2 Å². The van der Waals surface area contributed by atoms with Crippen molar-refractivity contribution in [3.8, 4) is 0 Å². The predicted molar refractivity (Wildman–Crippen MR) is 78.9 cm³/mol. The largest absolute Gasteiger partial charge is 0.399 e. The molecule has 2 rings (SSSR count).